The lowest BCUT2D eigenvalue weighted by molar-refractivity contribution is 0.331. The third kappa shape index (κ3) is 2.80. The SMILES string of the molecule is CC1(C)CCC(C)(C)c2cc3c(cc21)-c1cc(-c2cccc(Cl)c2)ccc1C3(C)C. The molecule has 3 aromatic rings. The van der Waals surface area contributed by atoms with E-state index >= 15 is 0 Å². The molecule has 2 aliphatic carbocycles. The fourth-order valence-corrected chi connectivity index (χ4v) is 5.85. The molecule has 30 heavy (non-hydrogen) atoms. The highest BCUT2D eigenvalue weighted by Crippen LogP contribution is 2.54. The molecule has 0 heterocycles. The van der Waals surface area contributed by atoms with Crippen LogP contribution in [0.25, 0.3) is 22.3 Å². The van der Waals surface area contributed by atoms with Crippen molar-refractivity contribution < 1.29 is 0 Å². The molecule has 5 rings (SSSR count). The van der Waals surface area contributed by atoms with E-state index in [9.17, 15) is 0 Å². The molecule has 0 fully saturated rings. The number of rotatable bonds is 1. The number of hydrogen-bond acceptors (Lipinski definition) is 0. The molecule has 1 heteroatoms. The summed E-state index contributed by atoms with van der Waals surface area (Å²) in [5.41, 5.74) is 11.7. The fraction of sp³-hybridized carbons (Fsp3) is 0.379. The molecule has 154 valence electrons. The smallest absolute Gasteiger partial charge is 0.0412 e. The summed E-state index contributed by atoms with van der Waals surface area (Å²) < 4.78 is 0. The Kier molecular flexibility index (Phi) is 4.13. The van der Waals surface area contributed by atoms with Gasteiger partial charge in [-0.15, -0.1) is 0 Å². The topological polar surface area (TPSA) is 0 Å². The highest BCUT2D eigenvalue weighted by molar-refractivity contribution is 6.30. The van der Waals surface area contributed by atoms with Gasteiger partial charge < -0.3 is 0 Å². The van der Waals surface area contributed by atoms with Gasteiger partial charge in [-0.2, -0.15) is 0 Å². The van der Waals surface area contributed by atoms with Crippen molar-refractivity contribution in [1.82, 2.24) is 0 Å². The monoisotopic (exact) mass is 414 g/mol. The summed E-state index contributed by atoms with van der Waals surface area (Å²) in [5.74, 6) is 0. The quantitative estimate of drug-likeness (QED) is 0.373. The molecular formula is C29H31Cl. The molecule has 0 aromatic heterocycles. The van der Waals surface area contributed by atoms with E-state index in [4.69, 9.17) is 11.6 Å². The van der Waals surface area contributed by atoms with Gasteiger partial charge in [-0.05, 0) is 92.4 Å². The fourth-order valence-electron chi connectivity index (χ4n) is 5.66. The molecule has 0 atom stereocenters. The van der Waals surface area contributed by atoms with Gasteiger partial charge in [0.2, 0.25) is 0 Å². The van der Waals surface area contributed by atoms with E-state index < -0.39 is 0 Å². The van der Waals surface area contributed by atoms with Crippen molar-refractivity contribution in [3.05, 3.63) is 81.9 Å². The molecule has 2 aliphatic rings. The lowest BCUT2D eigenvalue weighted by Gasteiger charge is -2.42. The van der Waals surface area contributed by atoms with Gasteiger partial charge in [-0.1, -0.05) is 83.5 Å². The van der Waals surface area contributed by atoms with E-state index in [0.29, 0.717) is 0 Å². The minimum Gasteiger partial charge on any atom is -0.0843 e. The maximum atomic E-state index is 6.28. The second-order valence-corrected chi connectivity index (χ2v) is 11.5. The van der Waals surface area contributed by atoms with Crippen LogP contribution in [0.2, 0.25) is 5.02 Å². The molecule has 0 saturated carbocycles. The van der Waals surface area contributed by atoms with Crippen LogP contribution in [-0.2, 0) is 16.2 Å². The minimum absolute atomic E-state index is 0.0181. The average Bonchev–Trinajstić information content (AvgIpc) is 2.91. The lowest BCUT2D eigenvalue weighted by atomic mass is 9.62. The Morgan fingerprint density at radius 3 is 1.87 bits per heavy atom. The molecule has 0 aliphatic heterocycles. The third-order valence-corrected chi connectivity index (χ3v) is 8.04. The van der Waals surface area contributed by atoms with Crippen molar-refractivity contribution in [2.24, 2.45) is 0 Å². The maximum Gasteiger partial charge on any atom is 0.0412 e. The average molecular weight is 415 g/mol. The zero-order chi connectivity index (χ0) is 21.5. The van der Waals surface area contributed by atoms with Gasteiger partial charge in [-0.3, -0.25) is 0 Å². The Bertz CT molecular complexity index is 1180. The summed E-state index contributed by atoms with van der Waals surface area (Å²) in [4.78, 5) is 0. The van der Waals surface area contributed by atoms with Crippen molar-refractivity contribution in [1.29, 1.82) is 0 Å². The second kappa shape index (κ2) is 6.24. The maximum absolute atomic E-state index is 6.28. The molecule has 0 nitrogen and oxygen atoms in total. The predicted molar refractivity (Wildman–Crippen MR) is 130 cm³/mol. The van der Waals surface area contributed by atoms with Gasteiger partial charge >= 0.3 is 0 Å². The van der Waals surface area contributed by atoms with Crippen molar-refractivity contribution in [2.45, 2.75) is 70.6 Å². The van der Waals surface area contributed by atoms with Crippen LogP contribution in [0.1, 0.15) is 76.6 Å². The zero-order valence-electron chi connectivity index (χ0n) is 19.0. The van der Waals surface area contributed by atoms with E-state index in [-0.39, 0.29) is 16.2 Å². The number of fused-ring (bicyclic) bond motifs is 4. The molecule has 0 spiro atoms. The molecule has 0 saturated heterocycles. The Morgan fingerprint density at radius 1 is 0.600 bits per heavy atom. The normalized spacial score (nSPS) is 19.7. The number of benzene rings is 3. The van der Waals surface area contributed by atoms with Crippen LogP contribution in [0.5, 0.6) is 0 Å². The van der Waals surface area contributed by atoms with E-state index in [2.05, 4.69) is 84.0 Å². The first kappa shape index (κ1) is 19.9. The molecule has 0 amide bonds. The Labute approximate surface area is 186 Å². The Hall–Kier alpha value is -2.05. The van der Waals surface area contributed by atoms with Crippen molar-refractivity contribution in [2.75, 3.05) is 0 Å². The first-order chi connectivity index (χ1) is 14.0. The third-order valence-electron chi connectivity index (χ3n) is 7.81. The van der Waals surface area contributed by atoms with Gasteiger partial charge in [-0.25, -0.2) is 0 Å². The number of halogens is 1. The predicted octanol–water partition coefficient (Wildman–Crippen LogP) is 8.66. The second-order valence-electron chi connectivity index (χ2n) is 11.1. The van der Waals surface area contributed by atoms with Crippen LogP contribution >= 0.6 is 11.6 Å². The Morgan fingerprint density at radius 2 is 1.20 bits per heavy atom. The largest absolute Gasteiger partial charge is 0.0843 e. The van der Waals surface area contributed by atoms with E-state index in [1.807, 2.05) is 12.1 Å². The van der Waals surface area contributed by atoms with Crippen molar-refractivity contribution >= 4 is 11.6 Å². The molecular weight excluding hydrogens is 384 g/mol. The summed E-state index contributed by atoms with van der Waals surface area (Å²) in [6.07, 6.45) is 2.49. The molecule has 0 bridgehead atoms. The van der Waals surface area contributed by atoms with Crippen molar-refractivity contribution in [3.8, 4) is 22.3 Å². The standard InChI is InChI=1S/C29H31Cl/c1-27(2)12-13-28(3,4)26-17-24-22(16-25(26)27)21-15-19(10-11-23(21)29(24,5)6)18-8-7-9-20(30)14-18/h7-11,14-17H,12-13H2,1-6H3. The summed E-state index contributed by atoms with van der Waals surface area (Å²) in [6.45, 7) is 14.4. The van der Waals surface area contributed by atoms with Crippen LogP contribution < -0.4 is 0 Å². The first-order valence-corrected chi connectivity index (χ1v) is 11.5. The van der Waals surface area contributed by atoms with Gasteiger partial charge in [0.05, 0.1) is 0 Å². The molecule has 0 unspecified atom stereocenters. The molecule has 0 radical (unpaired) electrons. The van der Waals surface area contributed by atoms with Gasteiger partial charge in [0.25, 0.3) is 0 Å². The summed E-state index contributed by atoms with van der Waals surface area (Å²) >= 11 is 6.28. The Balaban J connectivity index is 1.76. The van der Waals surface area contributed by atoms with Crippen LogP contribution in [0.15, 0.2) is 54.6 Å². The highest BCUT2D eigenvalue weighted by atomic mass is 35.5. The summed E-state index contributed by atoms with van der Waals surface area (Å²) in [7, 11) is 0. The van der Waals surface area contributed by atoms with Crippen LogP contribution in [0.4, 0.5) is 0 Å². The summed E-state index contributed by atoms with van der Waals surface area (Å²) in [6, 6.07) is 20.2. The number of hydrogen-bond donors (Lipinski definition) is 0. The lowest BCUT2D eigenvalue weighted by Crippen LogP contribution is -2.34. The van der Waals surface area contributed by atoms with Gasteiger partial charge in [0.15, 0.2) is 0 Å². The highest BCUT2D eigenvalue weighted by Gasteiger charge is 2.42. The zero-order valence-corrected chi connectivity index (χ0v) is 19.7. The summed E-state index contributed by atoms with van der Waals surface area (Å²) in [5, 5.41) is 0.784. The van der Waals surface area contributed by atoms with Crippen LogP contribution in [0, 0.1) is 0 Å². The van der Waals surface area contributed by atoms with Crippen LogP contribution in [-0.4, -0.2) is 0 Å². The van der Waals surface area contributed by atoms with E-state index in [1.165, 1.54) is 51.8 Å². The van der Waals surface area contributed by atoms with Gasteiger partial charge in [0, 0.05) is 10.4 Å². The van der Waals surface area contributed by atoms with E-state index in [1.54, 1.807) is 5.56 Å². The molecule has 3 aromatic carbocycles. The minimum atomic E-state index is 0.0181. The molecule has 0 N–H and O–H groups in total. The van der Waals surface area contributed by atoms with Crippen LogP contribution in [0.3, 0.4) is 0 Å². The van der Waals surface area contributed by atoms with Crippen molar-refractivity contribution in [3.63, 3.8) is 0 Å². The van der Waals surface area contributed by atoms with Gasteiger partial charge in [0.1, 0.15) is 0 Å². The first-order valence-electron chi connectivity index (χ1n) is 11.1. The van der Waals surface area contributed by atoms with E-state index in [0.717, 1.165) is 5.02 Å².